The van der Waals surface area contributed by atoms with Gasteiger partial charge in [-0.25, -0.2) is 14.8 Å². The maximum Gasteiger partial charge on any atom is 0.317 e. The van der Waals surface area contributed by atoms with E-state index in [9.17, 15) is 4.79 Å². The number of aromatic nitrogens is 2. The van der Waals surface area contributed by atoms with E-state index in [2.05, 4.69) is 36.2 Å². The summed E-state index contributed by atoms with van der Waals surface area (Å²) in [6, 6.07) is -0.0149. The molecule has 150 valence electrons. The molecular formula is C20H33N5O2. The Kier molecular flexibility index (Phi) is 7.01. The van der Waals surface area contributed by atoms with Gasteiger partial charge in [0.05, 0.1) is 13.2 Å². The van der Waals surface area contributed by atoms with E-state index in [0.717, 1.165) is 37.4 Å². The summed E-state index contributed by atoms with van der Waals surface area (Å²) in [6.07, 6.45) is 5.28. The van der Waals surface area contributed by atoms with Gasteiger partial charge in [-0.1, -0.05) is 0 Å². The van der Waals surface area contributed by atoms with Crippen LogP contribution in [-0.2, 0) is 24.0 Å². The highest BCUT2D eigenvalue weighted by Crippen LogP contribution is 2.21. The van der Waals surface area contributed by atoms with Crippen molar-refractivity contribution in [2.45, 2.75) is 39.0 Å². The van der Waals surface area contributed by atoms with E-state index in [1.54, 1.807) is 0 Å². The molecule has 2 amide bonds. The van der Waals surface area contributed by atoms with E-state index in [-0.39, 0.29) is 6.03 Å². The monoisotopic (exact) mass is 375 g/mol. The van der Waals surface area contributed by atoms with Crippen LogP contribution >= 0.6 is 0 Å². The summed E-state index contributed by atoms with van der Waals surface area (Å²) >= 11 is 0. The van der Waals surface area contributed by atoms with Gasteiger partial charge in [0, 0.05) is 49.9 Å². The molecule has 1 aromatic rings. The SMILES string of the molecule is Cc1nc(CCNC(=O)N2CCOC[C@@H](CN(C)C)C2)nc2c1CCCC2. The molecule has 1 saturated heterocycles. The topological polar surface area (TPSA) is 70.6 Å². The number of hydrogen-bond acceptors (Lipinski definition) is 5. The highest BCUT2D eigenvalue weighted by molar-refractivity contribution is 5.74. The Labute approximate surface area is 162 Å². The van der Waals surface area contributed by atoms with E-state index in [1.807, 2.05) is 4.90 Å². The highest BCUT2D eigenvalue weighted by atomic mass is 16.5. The molecule has 0 radical (unpaired) electrons. The molecule has 0 bridgehead atoms. The van der Waals surface area contributed by atoms with Crippen molar-refractivity contribution in [3.8, 4) is 0 Å². The summed E-state index contributed by atoms with van der Waals surface area (Å²) in [5.74, 6) is 1.19. The molecule has 1 fully saturated rings. The molecule has 1 aliphatic carbocycles. The fourth-order valence-corrected chi connectivity index (χ4v) is 4.04. The molecule has 0 unspecified atom stereocenters. The lowest BCUT2D eigenvalue weighted by atomic mass is 9.95. The van der Waals surface area contributed by atoms with E-state index < -0.39 is 0 Å². The molecule has 1 aromatic heterocycles. The van der Waals surface area contributed by atoms with Crippen LogP contribution in [-0.4, -0.2) is 79.3 Å². The maximum atomic E-state index is 12.6. The Morgan fingerprint density at radius 2 is 2.11 bits per heavy atom. The Morgan fingerprint density at radius 1 is 1.30 bits per heavy atom. The number of rotatable bonds is 5. The fourth-order valence-electron chi connectivity index (χ4n) is 4.04. The second-order valence-electron chi connectivity index (χ2n) is 7.99. The zero-order valence-electron chi connectivity index (χ0n) is 17.0. The van der Waals surface area contributed by atoms with E-state index in [1.165, 1.54) is 24.1 Å². The average molecular weight is 376 g/mol. The van der Waals surface area contributed by atoms with Crippen molar-refractivity contribution in [1.82, 2.24) is 25.1 Å². The smallest absolute Gasteiger partial charge is 0.317 e. The molecular weight excluding hydrogens is 342 g/mol. The van der Waals surface area contributed by atoms with E-state index >= 15 is 0 Å². The van der Waals surface area contributed by atoms with Crippen molar-refractivity contribution in [2.24, 2.45) is 5.92 Å². The largest absolute Gasteiger partial charge is 0.379 e. The summed E-state index contributed by atoms with van der Waals surface area (Å²) in [5, 5.41) is 3.04. The van der Waals surface area contributed by atoms with Gasteiger partial charge < -0.3 is 19.9 Å². The standard InChI is InChI=1S/C20H33N5O2/c1-15-17-6-4-5-7-18(17)23-19(22-15)8-9-21-20(26)25-10-11-27-14-16(13-25)12-24(2)3/h16H,4-14H2,1-3H3,(H,21,26)/t16-/m0/s1. The first kappa shape index (κ1) is 20.0. The highest BCUT2D eigenvalue weighted by Gasteiger charge is 2.23. The van der Waals surface area contributed by atoms with Crippen molar-refractivity contribution < 1.29 is 9.53 Å². The molecule has 0 saturated carbocycles. The quantitative estimate of drug-likeness (QED) is 0.843. The molecule has 7 heteroatoms. The summed E-state index contributed by atoms with van der Waals surface area (Å²) in [5.41, 5.74) is 3.66. The normalized spacial score (nSPS) is 20.3. The van der Waals surface area contributed by atoms with Crippen molar-refractivity contribution >= 4 is 6.03 Å². The third kappa shape index (κ3) is 5.62. The van der Waals surface area contributed by atoms with Gasteiger partial charge in [0.1, 0.15) is 5.82 Å². The molecule has 2 aliphatic rings. The lowest BCUT2D eigenvalue weighted by Crippen LogP contribution is -2.44. The number of fused-ring (bicyclic) bond motifs is 1. The lowest BCUT2D eigenvalue weighted by molar-refractivity contribution is 0.112. The number of ether oxygens (including phenoxy) is 1. The van der Waals surface area contributed by atoms with Crippen LogP contribution in [0.1, 0.15) is 35.6 Å². The van der Waals surface area contributed by atoms with Crippen LogP contribution in [0.4, 0.5) is 4.79 Å². The zero-order chi connectivity index (χ0) is 19.2. The second-order valence-corrected chi connectivity index (χ2v) is 7.99. The van der Waals surface area contributed by atoms with Crippen LogP contribution in [0.5, 0.6) is 0 Å². The van der Waals surface area contributed by atoms with Crippen molar-refractivity contribution in [1.29, 1.82) is 0 Å². The molecule has 1 aliphatic heterocycles. The molecule has 0 spiro atoms. The zero-order valence-corrected chi connectivity index (χ0v) is 17.0. The van der Waals surface area contributed by atoms with E-state index in [4.69, 9.17) is 9.72 Å². The van der Waals surface area contributed by atoms with Gasteiger partial charge in [0.2, 0.25) is 0 Å². The minimum Gasteiger partial charge on any atom is -0.379 e. The Morgan fingerprint density at radius 3 is 2.93 bits per heavy atom. The molecule has 1 atom stereocenters. The number of hydrogen-bond donors (Lipinski definition) is 1. The Bertz CT molecular complexity index is 650. The van der Waals surface area contributed by atoms with Gasteiger partial charge in [-0.3, -0.25) is 0 Å². The van der Waals surface area contributed by atoms with Gasteiger partial charge in [-0.15, -0.1) is 0 Å². The number of carbonyl (C=O) groups excluding carboxylic acids is 1. The van der Waals surface area contributed by atoms with Gasteiger partial charge in [-0.05, 0) is 52.3 Å². The molecule has 1 N–H and O–H groups in total. The molecule has 2 heterocycles. The fraction of sp³-hybridized carbons (Fsp3) is 0.750. The Hall–Kier alpha value is -1.73. The molecule has 0 aromatic carbocycles. The number of amides is 2. The van der Waals surface area contributed by atoms with Crippen molar-refractivity contribution in [3.05, 3.63) is 22.8 Å². The van der Waals surface area contributed by atoms with Gasteiger partial charge in [-0.2, -0.15) is 0 Å². The van der Waals surface area contributed by atoms with Gasteiger partial charge in [0.15, 0.2) is 0 Å². The van der Waals surface area contributed by atoms with Crippen LogP contribution in [0.25, 0.3) is 0 Å². The predicted octanol–water partition coefficient (Wildman–Crippen LogP) is 1.43. The molecule has 7 nitrogen and oxygen atoms in total. The number of aryl methyl sites for hydroxylation is 2. The van der Waals surface area contributed by atoms with E-state index in [0.29, 0.717) is 38.6 Å². The Balaban J connectivity index is 1.51. The third-order valence-corrected chi connectivity index (χ3v) is 5.31. The second kappa shape index (κ2) is 9.46. The number of urea groups is 1. The first-order valence-electron chi connectivity index (χ1n) is 10.1. The average Bonchev–Trinajstić information content (AvgIpc) is 2.87. The van der Waals surface area contributed by atoms with Crippen LogP contribution in [0.2, 0.25) is 0 Å². The van der Waals surface area contributed by atoms with Crippen LogP contribution in [0.15, 0.2) is 0 Å². The molecule has 3 rings (SSSR count). The predicted molar refractivity (Wildman–Crippen MR) is 105 cm³/mol. The summed E-state index contributed by atoms with van der Waals surface area (Å²) in [7, 11) is 4.10. The van der Waals surface area contributed by atoms with Gasteiger partial charge in [0.25, 0.3) is 0 Å². The third-order valence-electron chi connectivity index (χ3n) is 5.31. The van der Waals surface area contributed by atoms with Crippen molar-refractivity contribution in [3.63, 3.8) is 0 Å². The maximum absolute atomic E-state index is 12.6. The summed E-state index contributed by atoms with van der Waals surface area (Å²) in [4.78, 5) is 26.0. The van der Waals surface area contributed by atoms with Crippen LogP contribution in [0.3, 0.4) is 0 Å². The lowest BCUT2D eigenvalue weighted by Gasteiger charge is -2.25. The summed E-state index contributed by atoms with van der Waals surface area (Å²) < 4.78 is 5.66. The van der Waals surface area contributed by atoms with Crippen LogP contribution < -0.4 is 5.32 Å². The first-order chi connectivity index (χ1) is 13.0. The number of nitrogens with zero attached hydrogens (tertiary/aromatic N) is 4. The van der Waals surface area contributed by atoms with Crippen LogP contribution in [0, 0.1) is 12.8 Å². The first-order valence-corrected chi connectivity index (χ1v) is 10.1. The van der Waals surface area contributed by atoms with Gasteiger partial charge >= 0.3 is 6.03 Å². The minimum absolute atomic E-state index is 0.0149. The number of carbonyl (C=O) groups is 1. The number of nitrogens with one attached hydrogen (secondary N) is 1. The molecule has 27 heavy (non-hydrogen) atoms. The minimum atomic E-state index is -0.0149. The summed E-state index contributed by atoms with van der Waals surface area (Å²) in [6.45, 7) is 6.26. The van der Waals surface area contributed by atoms with Crippen molar-refractivity contribution in [2.75, 3.05) is 53.5 Å².